The van der Waals surface area contributed by atoms with Crippen molar-refractivity contribution in [3.63, 3.8) is 0 Å². The van der Waals surface area contributed by atoms with E-state index in [-0.39, 0.29) is 6.04 Å². The monoisotopic (exact) mass is 235 g/mol. The SMILES string of the molecule is O=CC(c1ccccc1)n1ccc2ccccc21. The number of carbonyl (C=O) groups excluding carboxylic acids is 1. The van der Waals surface area contributed by atoms with Gasteiger partial charge in [-0.05, 0) is 23.1 Å². The molecule has 2 nitrogen and oxygen atoms in total. The molecule has 18 heavy (non-hydrogen) atoms. The molecule has 0 saturated carbocycles. The van der Waals surface area contributed by atoms with Crippen molar-refractivity contribution in [2.45, 2.75) is 6.04 Å². The standard InChI is InChI=1S/C16H13NO/c18-12-16(13-6-2-1-3-7-13)17-11-10-14-8-4-5-9-15(14)17/h1-12,16H. The summed E-state index contributed by atoms with van der Waals surface area (Å²) in [5.74, 6) is 0. The molecule has 2 heteroatoms. The van der Waals surface area contributed by atoms with Crippen molar-refractivity contribution in [2.24, 2.45) is 0 Å². The number of carbonyl (C=O) groups is 1. The zero-order chi connectivity index (χ0) is 12.4. The molecule has 0 aliphatic carbocycles. The normalized spacial score (nSPS) is 12.4. The smallest absolute Gasteiger partial charge is 0.147 e. The van der Waals surface area contributed by atoms with E-state index in [1.807, 2.05) is 65.4 Å². The number of aromatic nitrogens is 1. The van der Waals surface area contributed by atoms with Gasteiger partial charge in [-0.3, -0.25) is 0 Å². The van der Waals surface area contributed by atoms with Crippen LogP contribution in [-0.2, 0) is 4.79 Å². The first kappa shape index (κ1) is 10.8. The molecule has 0 fully saturated rings. The topological polar surface area (TPSA) is 22.0 Å². The Morgan fingerprint density at radius 1 is 0.889 bits per heavy atom. The number of benzene rings is 2. The largest absolute Gasteiger partial charge is 0.333 e. The lowest BCUT2D eigenvalue weighted by atomic mass is 10.1. The summed E-state index contributed by atoms with van der Waals surface area (Å²) in [6, 6.07) is 19.7. The van der Waals surface area contributed by atoms with Gasteiger partial charge in [-0.25, -0.2) is 0 Å². The Morgan fingerprint density at radius 3 is 2.39 bits per heavy atom. The van der Waals surface area contributed by atoms with Crippen LogP contribution in [0.1, 0.15) is 11.6 Å². The fraction of sp³-hybridized carbons (Fsp3) is 0.0625. The van der Waals surface area contributed by atoms with Gasteiger partial charge in [0.25, 0.3) is 0 Å². The highest BCUT2D eigenvalue weighted by Gasteiger charge is 2.13. The number of hydrogen-bond acceptors (Lipinski definition) is 1. The first-order valence-electron chi connectivity index (χ1n) is 5.96. The van der Waals surface area contributed by atoms with Gasteiger partial charge in [0.15, 0.2) is 0 Å². The van der Waals surface area contributed by atoms with Crippen molar-refractivity contribution in [1.82, 2.24) is 4.57 Å². The highest BCUT2D eigenvalue weighted by molar-refractivity contribution is 5.82. The van der Waals surface area contributed by atoms with Crippen LogP contribution in [0.15, 0.2) is 66.9 Å². The third-order valence-electron chi connectivity index (χ3n) is 3.20. The van der Waals surface area contributed by atoms with Crippen LogP contribution in [-0.4, -0.2) is 10.9 Å². The van der Waals surface area contributed by atoms with Crippen LogP contribution >= 0.6 is 0 Å². The summed E-state index contributed by atoms with van der Waals surface area (Å²) >= 11 is 0. The number of rotatable bonds is 3. The number of hydrogen-bond donors (Lipinski definition) is 0. The molecule has 0 amide bonds. The molecule has 0 aliphatic heterocycles. The predicted octanol–water partition coefficient (Wildman–Crippen LogP) is 3.43. The Morgan fingerprint density at radius 2 is 1.61 bits per heavy atom. The maximum Gasteiger partial charge on any atom is 0.147 e. The van der Waals surface area contributed by atoms with E-state index in [1.165, 1.54) is 0 Å². The molecule has 0 N–H and O–H groups in total. The number of para-hydroxylation sites is 1. The molecule has 0 saturated heterocycles. The fourth-order valence-electron chi connectivity index (χ4n) is 2.30. The molecule has 1 aromatic heterocycles. The Labute approximate surface area is 105 Å². The zero-order valence-corrected chi connectivity index (χ0v) is 9.86. The molecule has 0 spiro atoms. The van der Waals surface area contributed by atoms with Crippen molar-refractivity contribution in [2.75, 3.05) is 0 Å². The Hall–Kier alpha value is -2.35. The lowest BCUT2D eigenvalue weighted by molar-refractivity contribution is -0.109. The number of nitrogens with zero attached hydrogens (tertiary/aromatic N) is 1. The third kappa shape index (κ3) is 1.72. The van der Waals surface area contributed by atoms with E-state index in [1.54, 1.807) is 0 Å². The van der Waals surface area contributed by atoms with E-state index >= 15 is 0 Å². The van der Waals surface area contributed by atoms with Gasteiger partial charge in [0.2, 0.25) is 0 Å². The van der Waals surface area contributed by atoms with Crippen molar-refractivity contribution < 1.29 is 4.79 Å². The molecule has 3 aromatic rings. The summed E-state index contributed by atoms with van der Waals surface area (Å²) in [6.07, 6.45) is 2.96. The Kier molecular flexibility index (Phi) is 2.69. The second-order valence-corrected chi connectivity index (χ2v) is 4.27. The van der Waals surface area contributed by atoms with Gasteiger partial charge >= 0.3 is 0 Å². The van der Waals surface area contributed by atoms with Crippen LogP contribution in [0.4, 0.5) is 0 Å². The molecular weight excluding hydrogens is 222 g/mol. The average Bonchev–Trinajstić information content (AvgIpc) is 2.85. The van der Waals surface area contributed by atoms with E-state index in [9.17, 15) is 4.79 Å². The summed E-state index contributed by atoms with van der Waals surface area (Å²) in [4.78, 5) is 11.4. The van der Waals surface area contributed by atoms with Crippen LogP contribution in [0, 0.1) is 0 Å². The predicted molar refractivity (Wildman–Crippen MR) is 72.6 cm³/mol. The van der Waals surface area contributed by atoms with Gasteiger partial charge in [0.05, 0.1) is 0 Å². The fourth-order valence-corrected chi connectivity index (χ4v) is 2.30. The molecule has 0 aliphatic rings. The highest BCUT2D eigenvalue weighted by Crippen LogP contribution is 2.23. The summed E-state index contributed by atoms with van der Waals surface area (Å²) in [6.45, 7) is 0. The van der Waals surface area contributed by atoms with E-state index < -0.39 is 0 Å². The summed E-state index contributed by atoms with van der Waals surface area (Å²) in [7, 11) is 0. The second kappa shape index (κ2) is 4.49. The maximum absolute atomic E-state index is 11.4. The minimum Gasteiger partial charge on any atom is -0.333 e. The second-order valence-electron chi connectivity index (χ2n) is 4.27. The van der Waals surface area contributed by atoms with Crippen molar-refractivity contribution in [3.8, 4) is 0 Å². The molecule has 0 bridgehead atoms. The summed E-state index contributed by atoms with van der Waals surface area (Å²) in [5.41, 5.74) is 2.09. The highest BCUT2D eigenvalue weighted by atomic mass is 16.1. The van der Waals surface area contributed by atoms with Crippen LogP contribution in [0.2, 0.25) is 0 Å². The molecule has 0 radical (unpaired) electrons. The van der Waals surface area contributed by atoms with Gasteiger partial charge in [0.1, 0.15) is 12.3 Å². The minimum atomic E-state index is -0.258. The van der Waals surface area contributed by atoms with Crippen LogP contribution in [0.5, 0.6) is 0 Å². The van der Waals surface area contributed by atoms with Crippen LogP contribution < -0.4 is 0 Å². The quantitative estimate of drug-likeness (QED) is 0.637. The average molecular weight is 235 g/mol. The van der Waals surface area contributed by atoms with Crippen LogP contribution in [0.25, 0.3) is 10.9 Å². The van der Waals surface area contributed by atoms with Gasteiger partial charge in [-0.2, -0.15) is 0 Å². The molecular formula is C16H13NO. The van der Waals surface area contributed by atoms with Gasteiger partial charge < -0.3 is 9.36 Å². The molecule has 88 valence electrons. The Balaban J connectivity index is 2.15. The first-order valence-corrected chi connectivity index (χ1v) is 5.96. The Bertz CT molecular complexity index is 670. The maximum atomic E-state index is 11.4. The minimum absolute atomic E-state index is 0.258. The molecule has 1 heterocycles. The lowest BCUT2D eigenvalue weighted by Gasteiger charge is -2.14. The van der Waals surface area contributed by atoms with Crippen molar-refractivity contribution >= 4 is 17.2 Å². The van der Waals surface area contributed by atoms with Gasteiger partial charge in [-0.1, -0.05) is 48.5 Å². The third-order valence-corrected chi connectivity index (χ3v) is 3.20. The number of aldehydes is 1. The summed E-state index contributed by atoms with van der Waals surface area (Å²) < 4.78 is 2.01. The van der Waals surface area contributed by atoms with Crippen LogP contribution in [0.3, 0.4) is 0 Å². The number of fused-ring (bicyclic) bond motifs is 1. The van der Waals surface area contributed by atoms with E-state index in [2.05, 4.69) is 6.07 Å². The first-order chi connectivity index (χ1) is 8.90. The summed E-state index contributed by atoms with van der Waals surface area (Å²) in [5, 5.41) is 1.15. The van der Waals surface area contributed by atoms with Gasteiger partial charge in [-0.15, -0.1) is 0 Å². The van der Waals surface area contributed by atoms with Crippen molar-refractivity contribution in [3.05, 3.63) is 72.4 Å². The molecule has 1 atom stereocenters. The van der Waals surface area contributed by atoms with Gasteiger partial charge in [0, 0.05) is 11.7 Å². The van der Waals surface area contributed by atoms with Crippen molar-refractivity contribution in [1.29, 1.82) is 0 Å². The lowest BCUT2D eigenvalue weighted by Crippen LogP contribution is -2.10. The molecule has 2 aromatic carbocycles. The van der Waals surface area contributed by atoms with E-state index in [4.69, 9.17) is 0 Å². The van der Waals surface area contributed by atoms with E-state index in [0.717, 1.165) is 22.8 Å². The zero-order valence-electron chi connectivity index (χ0n) is 9.86. The van der Waals surface area contributed by atoms with E-state index in [0.29, 0.717) is 0 Å². The molecule has 1 unspecified atom stereocenters. The molecule has 3 rings (SSSR count).